The number of sulfone groups is 1. The van der Waals surface area contributed by atoms with E-state index in [1.54, 1.807) is 0 Å². The van der Waals surface area contributed by atoms with Crippen molar-refractivity contribution >= 4 is 19.9 Å². The second-order valence-electron chi connectivity index (χ2n) is 4.79. The molecule has 0 bridgehead atoms. The minimum Gasteiger partial charge on any atom is -0.328 e. The summed E-state index contributed by atoms with van der Waals surface area (Å²) in [5.74, 6) is 0.268. The maximum absolute atomic E-state index is 11.4. The maximum atomic E-state index is 11.4. The molecule has 0 aliphatic heterocycles. The topological polar surface area (TPSA) is 106 Å². The van der Waals surface area contributed by atoms with Gasteiger partial charge in [-0.25, -0.2) is 21.6 Å². The predicted molar refractivity (Wildman–Crippen MR) is 66.6 cm³/mol. The third-order valence-electron chi connectivity index (χ3n) is 2.85. The molecule has 17 heavy (non-hydrogen) atoms. The molecule has 0 radical (unpaired) electrons. The summed E-state index contributed by atoms with van der Waals surface area (Å²) in [7, 11) is -7.24. The zero-order chi connectivity index (χ0) is 13.1. The molecule has 0 aromatic heterocycles. The Morgan fingerprint density at radius 3 is 2.12 bits per heavy atom. The van der Waals surface area contributed by atoms with Crippen molar-refractivity contribution in [1.29, 1.82) is 0 Å². The minimum atomic E-state index is -3.72. The largest absolute Gasteiger partial charge is 0.328 e. The molecule has 1 fully saturated rings. The van der Waals surface area contributed by atoms with Gasteiger partial charge in [-0.2, -0.15) is 0 Å². The van der Waals surface area contributed by atoms with Gasteiger partial charge < -0.3 is 5.73 Å². The second-order valence-corrected chi connectivity index (χ2v) is 9.10. The summed E-state index contributed by atoms with van der Waals surface area (Å²) in [6.45, 7) is 0.310. The van der Waals surface area contributed by atoms with Gasteiger partial charge in [-0.1, -0.05) is 0 Å². The normalized spacial score (nSPS) is 26.9. The molecular weight excluding hydrogens is 264 g/mol. The highest BCUT2D eigenvalue weighted by Crippen LogP contribution is 2.22. The molecule has 1 aliphatic rings. The van der Waals surface area contributed by atoms with E-state index in [1.165, 1.54) is 0 Å². The summed E-state index contributed by atoms with van der Waals surface area (Å²) in [6.07, 6.45) is 4.49. The Hall–Kier alpha value is -0.180. The second kappa shape index (κ2) is 5.64. The molecule has 1 saturated carbocycles. The van der Waals surface area contributed by atoms with E-state index in [1.807, 2.05) is 0 Å². The van der Waals surface area contributed by atoms with Gasteiger partial charge in [0.25, 0.3) is 0 Å². The Kier molecular flexibility index (Phi) is 4.94. The lowest BCUT2D eigenvalue weighted by Gasteiger charge is -2.25. The van der Waals surface area contributed by atoms with Crippen LogP contribution in [0.25, 0.3) is 0 Å². The molecule has 8 heteroatoms. The molecule has 6 nitrogen and oxygen atoms in total. The lowest BCUT2D eigenvalue weighted by Crippen LogP contribution is -2.36. The molecule has 0 aromatic carbocycles. The smallest absolute Gasteiger partial charge is 0.226 e. The molecule has 0 aromatic rings. The van der Waals surface area contributed by atoms with Gasteiger partial charge in [0, 0.05) is 18.8 Å². The van der Waals surface area contributed by atoms with Gasteiger partial charge in [-0.3, -0.25) is 0 Å². The number of hydrogen-bond acceptors (Lipinski definition) is 5. The fraction of sp³-hybridized carbons (Fsp3) is 1.00. The van der Waals surface area contributed by atoms with Crippen molar-refractivity contribution in [3.05, 3.63) is 0 Å². The van der Waals surface area contributed by atoms with E-state index in [4.69, 9.17) is 5.73 Å². The first-order chi connectivity index (χ1) is 7.68. The molecule has 1 rings (SSSR count). The van der Waals surface area contributed by atoms with Gasteiger partial charge in [-0.05, 0) is 31.6 Å². The van der Waals surface area contributed by atoms with Crippen LogP contribution >= 0.6 is 0 Å². The Labute approximate surface area is 103 Å². The molecule has 0 atom stereocenters. The van der Waals surface area contributed by atoms with Crippen molar-refractivity contribution in [3.63, 3.8) is 0 Å². The van der Waals surface area contributed by atoms with Crippen LogP contribution in [0.1, 0.15) is 25.7 Å². The highest BCUT2D eigenvalue weighted by Gasteiger charge is 2.22. The summed E-state index contributed by atoms with van der Waals surface area (Å²) >= 11 is 0. The van der Waals surface area contributed by atoms with E-state index in [-0.39, 0.29) is 12.0 Å². The summed E-state index contributed by atoms with van der Waals surface area (Å²) < 4.78 is 47.0. The average Bonchev–Trinajstić information content (AvgIpc) is 2.13. The van der Waals surface area contributed by atoms with Crippen molar-refractivity contribution < 1.29 is 16.8 Å². The lowest BCUT2D eigenvalue weighted by molar-refractivity contribution is 0.326. The van der Waals surface area contributed by atoms with Crippen LogP contribution in [0.5, 0.6) is 0 Å². The Balaban J connectivity index is 2.40. The highest BCUT2D eigenvalue weighted by molar-refractivity contribution is 8.06. The standard InChI is InChI=1S/C9H20N2O4S2/c1-16(12,13)7-17(14,15)11-6-8-2-4-9(10)5-3-8/h8-9,11H,2-7,10H2,1H3. The summed E-state index contributed by atoms with van der Waals surface area (Å²) in [5.41, 5.74) is 5.74. The molecular formula is C9H20N2O4S2. The van der Waals surface area contributed by atoms with Crippen LogP contribution in [0.3, 0.4) is 0 Å². The molecule has 0 heterocycles. The number of nitrogens with one attached hydrogen (secondary N) is 1. The van der Waals surface area contributed by atoms with E-state index in [0.29, 0.717) is 6.54 Å². The van der Waals surface area contributed by atoms with E-state index in [2.05, 4.69) is 4.72 Å². The zero-order valence-corrected chi connectivity index (χ0v) is 11.6. The Bertz CT molecular complexity index is 436. The number of sulfonamides is 1. The monoisotopic (exact) mass is 284 g/mol. The van der Waals surface area contributed by atoms with Gasteiger partial charge in [0.1, 0.15) is 0 Å². The first kappa shape index (κ1) is 14.9. The van der Waals surface area contributed by atoms with Crippen LogP contribution in [0, 0.1) is 5.92 Å². The van der Waals surface area contributed by atoms with Crippen molar-refractivity contribution in [2.24, 2.45) is 11.7 Å². The first-order valence-corrected chi connectivity index (χ1v) is 9.30. The van der Waals surface area contributed by atoms with Gasteiger partial charge in [0.2, 0.25) is 10.0 Å². The zero-order valence-electron chi connectivity index (χ0n) is 9.92. The lowest BCUT2D eigenvalue weighted by atomic mass is 9.87. The van der Waals surface area contributed by atoms with Crippen molar-refractivity contribution in [2.75, 3.05) is 17.9 Å². The SMILES string of the molecule is CS(=O)(=O)CS(=O)(=O)NCC1CCC(N)CC1. The first-order valence-electron chi connectivity index (χ1n) is 5.58. The van der Waals surface area contributed by atoms with Crippen LogP contribution in [0.15, 0.2) is 0 Å². The van der Waals surface area contributed by atoms with Gasteiger partial charge in [0.05, 0.1) is 0 Å². The summed E-state index contributed by atoms with van der Waals surface area (Å²) in [4.78, 5) is 0. The predicted octanol–water partition coefficient (Wildman–Crippen LogP) is -0.575. The highest BCUT2D eigenvalue weighted by atomic mass is 32.3. The van der Waals surface area contributed by atoms with E-state index >= 15 is 0 Å². The number of rotatable bonds is 5. The summed E-state index contributed by atoms with van der Waals surface area (Å²) in [5, 5.41) is -0.841. The fourth-order valence-electron chi connectivity index (χ4n) is 1.96. The quantitative estimate of drug-likeness (QED) is 0.703. The van der Waals surface area contributed by atoms with Crippen molar-refractivity contribution in [2.45, 2.75) is 31.7 Å². The average molecular weight is 284 g/mol. The van der Waals surface area contributed by atoms with Crippen molar-refractivity contribution in [1.82, 2.24) is 4.72 Å². The molecule has 0 saturated heterocycles. The molecule has 0 spiro atoms. The third kappa shape index (κ3) is 6.35. The molecule has 0 amide bonds. The molecule has 3 N–H and O–H groups in total. The fourth-order valence-corrected chi connectivity index (χ4v) is 5.04. The third-order valence-corrected chi connectivity index (χ3v) is 6.41. The molecule has 102 valence electrons. The van der Waals surface area contributed by atoms with Gasteiger partial charge in [-0.15, -0.1) is 0 Å². The van der Waals surface area contributed by atoms with Crippen molar-refractivity contribution in [3.8, 4) is 0 Å². The maximum Gasteiger partial charge on any atom is 0.226 e. The molecule has 0 unspecified atom stereocenters. The van der Waals surface area contributed by atoms with Crippen LogP contribution in [0.4, 0.5) is 0 Å². The van der Waals surface area contributed by atoms with Crippen LogP contribution < -0.4 is 10.5 Å². The Morgan fingerprint density at radius 2 is 1.65 bits per heavy atom. The van der Waals surface area contributed by atoms with Gasteiger partial charge >= 0.3 is 0 Å². The minimum absolute atomic E-state index is 0.221. The van der Waals surface area contributed by atoms with Crippen LogP contribution in [0.2, 0.25) is 0 Å². The van der Waals surface area contributed by atoms with Crippen LogP contribution in [-0.4, -0.2) is 40.8 Å². The number of nitrogens with two attached hydrogens (primary N) is 1. The summed E-state index contributed by atoms with van der Waals surface area (Å²) in [6, 6.07) is 0.221. The Morgan fingerprint density at radius 1 is 1.12 bits per heavy atom. The van der Waals surface area contributed by atoms with E-state index in [9.17, 15) is 16.8 Å². The van der Waals surface area contributed by atoms with E-state index in [0.717, 1.165) is 31.9 Å². The van der Waals surface area contributed by atoms with Gasteiger partial charge in [0.15, 0.2) is 14.9 Å². The number of hydrogen-bond donors (Lipinski definition) is 2. The van der Waals surface area contributed by atoms with Crippen LogP contribution in [-0.2, 0) is 19.9 Å². The van der Waals surface area contributed by atoms with E-state index < -0.39 is 24.9 Å². The molecule has 1 aliphatic carbocycles.